The van der Waals surface area contributed by atoms with Gasteiger partial charge in [0.05, 0.1) is 18.8 Å². The Morgan fingerprint density at radius 2 is 2.00 bits per heavy atom. The van der Waals surface area contributed by atoms with Crippen LogP contribution in [0, 0.1) is 5.21 Å². The van der Waals surface area contributed by atoms with Gasteiger partial charge in [-0.05, 0) is 25.1 Å². The van der Waals surface area contributed by atoms with E-state index < -0.39 is 5.54 Å². The first kappa shape index (κ1) is 11.7. The van der Waals surface area contributed by atoms with Crippen molar-refractivity contribution in [3.8, 4) is 0 Å². The van der Waals surface area contributed by atoms with Crippen LogP contribution in [0.2, 0.25) is 0 Å². The molecule has 2 aliphatic heterocycles. The van der Waals surface area contributed by atoms with E-state index in [0.717, 1.165) is 16.2 Å². The van der Waals surface area contributed by atoms with E-state index in [1.165, 1.54) is 0 Å². The molecule has 2 aliphatic rings. The van der Waals surface area contributed by atoms with Gasteiger partial charge in [0.1, 0.15) is 0 Å². The first-order valence-corrected chi connectivity index (χ1v) is 6.17. The lowest BCUT2D eigenvalue weighted by atomic mass is 9.86. The molecule has 0 spiro atoms. The number of hydrogen-bond acceptors (Lipinski definition) is 4. The van der Waals surface area contributed by atoms with Crippen molar-refractivity contribution in [3.05, 3.63) is 52.9 Å². The third kappa shape index (κ3) is 1.73. The Morgan fingerprint density at radius 3 is 2.67 bits per heavy atom. The Morgan fingerprint density at radius 1 is 1.28 bits per heavy atom. The van der Waals surface area contributed by atoms with Crippen LogP contribution in [0.15, 0.2) is 36.5 Å². The summed E-state index contributed by atoms with van der Waals surface area (Å²) in [5.41, 5.74) is 1.39. The lowest BCUT2D eigenvalue weighted by molar-refractivity contribution is -0.0459. The van der Waals surface area contributed by atoms with E-state index in [-0.39, 0.29) is 6.29 Å². The van der Waals surface area contributed by atoms with Gasteiger partial charge in [0.15, 0.2) is 6.29 Å². The zero-order valence-corrected chi connectivity index (χ0v) is 10.3. The molecule has 3 rings (SSSR count). The van der Waals surface area contributed by atoms with Gasteiger partial charge in [0.2, 0.25) is 0 Å². The van der Waals surface area contributed by atoms with Gasteiger partial charge in [0.25, 0.3) is 0 Å². The molecule has 1 unspecified atom stereocenters. The second-order valence-electron chi connectivity index (χ2n) is 4.85. The molecule has 0 aromatic heterocycles. The van der Waals surface area contributed by atoms with Gasteiger partial charge >= 0.3 is 0 Å². The highest BCUT2D eigenvalue weighted by atomic mass is 16.7. The van der Waals surface area contributed by atoms with Crippen molar-refractivity contribution >= 4 is 0 Å². The number of benzene rings is 1. The maximum absolute atomic E-state index is 12.0. The molecule has 1 saturated heterocycles. The van der Waals surface area contributed by atoms with Gasteiger partial charge in [-0.25, -0.2) is 0 Å². The smallest absolute Gasteiger partial charge is 0.184 e. The van der Waals surface area contributed by atoms with Crippen LogP contribution in [-0.2, 0) is 15.0 Å². The maximum atomic E-state index is 12.0. The van der Waals surface area contributed by atoms with Gasteiger partial charge in [-0.3, -0.25) is 0 Å². The Bertz CT molecular complexity index is 468. The van der Waals surface area contributed by atoms with E-state index in [0.29, 0.717) is 19.6 Å². The molecule has 1 aromatic carbocycles. The minimum Gasteiger partial charge on any atom is -0.758 e. The molecule has 0 saturated carbocycles. The molecule has 1 fully saturated rings. The van der Waals surface area contributed by atoms with E-state index in [1.807, 2.05) is 37.3 Å². The Kier molecular flexibility index (Phi) is 2.86. The Labute approximate surface area is 106 Å². The quantitative estimate of drug-likeness (QED) is 0.804. The van der Waals surface area contributed by atoms with Crippen molar-refractivity contribution in [2.45, 2.75) is 25.2 Å². The van der Waals surface area contributed by atoms with Crippen molar-refractivity contribution in [1.29, 1.82) is 0 Å². The molecule has 0 radical (unpaired) electrons. The summed E-state index contributed by atoms with van der Waals surface area (Å²) < 4.78 is 11.1. The average molecular weight is 246 g/mol. The minimum atomic E-state index is -0.550. The lowest BCUT2D eigenvalue weighted by Crippen LogP contribution is -2.34. The fourth-order valence-electron chi connectivity index (χ4n) is 2.59. The van der Waals surface area contributed by atoms with Crippen LogP contribution >= 0.6 is 0 Å². The number of hydrogen-bond donors (Lipinski definition) is 0. The number of hydroxylamine groups is 2. The third-order valence-electron chi connectivity index (χ3n) is 3.66. The average Bonchev–Trinajstić information content (AvgIpc) is 3.01. The highest BCUT2D eigenvalue weighted by molar-refractivity contribution is 5.37. The van der Waals surface area contributed by atoms with E-state index in [1.54, 1.807) is 6.20 Å². The van der Waals surface area contributed by atoms with Gasteiger partial charge in [-0.1, -0.05) is 30.3 Å². The molecule has 0 amide bonds. The number of nitrogens with zero attached hydrogens (tertiary/aromatic N) is 1. The van der Waals surface area contributed by atoms with Crippen LogP contribution in [0.25, 0.3) is 0 Å². The van der Waals surface area contributed by atoms with Crippen LogP contribution < -0.4 is 0 Å². The second kappa shape index (κ2) is 4.39. The molecule has 0 aliphatic carbocycles. The monoisotopic (exact) mass is 246 g/mol. The predicted octanol–water partition coefficient (Wildman–Crippen LogP) is 2.66. The molecule has 0 bridgehead atoms. The summed E-state index contributed by atoms with van der Waals surface area (Å²) in [6.07, 6.45) is 3.86. The number of ether oxygens (including phenoxy) is 2. The molecular weight excluding hydrogens is 230 g/mol. The SMILES string of the molecule is CC1(c2ccccc2C2OCCO2)CC=CN1[O-]. The van der Waals surface area contributed by atoms with Crippen molar-refractivity contribution in [3.63, 3.8) is 0 Å². The van der Waals surface area contributed by atoms with E-state index >= 15 is 0 Å². The van der Waals surface area contributed by atoms with Crippen LogP contribution in [0.5, 0.6) is 0 Å². The maximum Gasteiger partial charge on any atom is 0.184 e. The molecule has 1 atom stereocenters. The topological polar surface area (TPSA) is 44.8 Å². The van der Waals surface area contributed by atoms with Crippen LogP contribution in [0.1, 0.15) is 30.8 Å². The zero-order chi connectivity index (χ0) is 12.6. The highest BCUT2D eigenvalue weighted by Gasteiger charge is 2.34. The molecule has 18 heavy (non-hydrogen) atoms. The molecule has 96 valence electrons. The predicted molar refractivity (Wildman–Crippen MR) is 67.4 cm³/mol. The standard InChI is InChI=1S/C14H16NO3/c1-14(7-4-8-15(14)16)12-6-3-2-5-11(12)13-17-9-10-18-13/h2-6,8,13H,7,9-10H2,1H3/q-1. The summed E-state index contributed by atoms with van der Waals surface area (Å²) in [5, 5.41) is 13.0. The molecule has 1 aromatic rings. The summed E-state index contributed by atoms with van der Waals surface area (Å²) in [6.45, 7) is 3.16. The summed E-state index contributed by atoms with van der Waals surface area (Å²) in [5.74, 6) is 0. The molecule has 4 heteroatoms. The Balaban J connectivity index is 2.01. The van der Waals surface area contributed by atoms with Gasteiger partial charge in [0, 0.05) is 5.56 Å². The highest BCUT2D eigenvalue weighted by Crippen LogP contribution is 2.40. The zero-order valence-electron chi connectivity index (χ0n) is 10.3. The summed E-state index contributed by atoms with van der Waals surface area (Å²) in [7, 11) is 0. The molecule has 2 heterocycles. The van der Waals surface area contributed by atoms with Gasteiger partial charge < -0.3 is 19.7 Å². The molecule has 4 nitrogen and oxygen atoms in total. The largest absolute Gasteiger partial charge is 0.758 e. The minimum absolute atomic E-state index is 0.341. The summed E-state index contributed by atoms with van der Waals surface area (Å²) >= 11 is 0. The van der Waals surface area contributed by atoms with Crippen LogP contribution in [-0.4, -0.2) is 18.3 Å². The summed E-state index contributed by atoms with van der Waals surface area (Å²) in [4.78, 5) is 0. The lowest BCUT2D eigenvalue weighted by Gasteiger charge is -2.43. The van der Waals surface area contributed by atoms with Gasteiger partial charge in [-0.2, -0.15) is 0 Å². The van der Waals surface area contributed by atoms with Crippen molar-refractivity contribution < 1.29 is 9.47 Å². The second-order valence-corrected chi connectivity index (χ2v) is 4.85. The van der Waals surface area contributed by atoms with Crippen LogP contribution in [0.4, 0.5) is 0 Å². The fraction of sp³-hybridized carbons (Fsp3) is 0.429. The normalized spacial score (nSPS) is 28.2. The van der Waals surface area contributed by atoms with Crippen LogP contribution in [0.3, 0.4) is 0 Å². The molecular formula is C14H16NO3-. The fourth-order valence-corrected chi connectivity index (χ4v) is 2.59. The Hall–Kier alpha value is -1.36. The first-order chi connectivity index (χ1) is 8.72. The van der Waals surface area contributed by atoms with Gasteiger partial charge in [-0.15, -0.1) is 0 Å². The van der Waals surface area contributed by atoms with E-state index in [2.05, 4.69) is 0 Å². The van der Waals surface area contributed by atoms with E-state index in [9.17, 15) is 5.21 Å². The van der Waals surface area contributed by atoms with Crippen molar-refractivity contribution in [2.24, 2.45) is 0 Å². The third-order valence-corrected chi connectivity index (χ3v) is 3.66. The van der Waals surface area contributed by atoms with Crippen molar-refractivity contribution in [1.82, 2.24) is 5.06 Å². The van der Waals surface area contributed by atoms with Crippen molar-refractivity contribution in [2.75, 3.05) is 13.2 Å². The van der Waals surface area contributed by atoms with E-state index in [4.69, 9.17) is 9.47 Å². The summed E-state index contributed by atoms with van der Waals surface area (Å²) in [6, 6.07) is 7.86. The first-order valence-electron chi connectivity index (χ1n) is 6.17. The number of rotatable bonds is 2. The molecule has 0 N–H and O–H groups in total.